The van der Waals surface area contributed by atoms with Crippen molar-refractivity contribution in [3.63, 3.8) is 0 Å². The molecule has 110 valence electrons. The lowest BCUT2D eigenvalue weighted by Gasteiger charge is -2.36. The topological polar surface area (TPSA) is 35.2 Å². The lowest BCUT2D eigenvalue weighted by Crippen LogP contribution is -2.42. The molecule has 1 aliphatic carbocycles. The Morgan fingerprint density at radius 3 is 2.86 bits per heavy atom. The first kappa shape index (κ1) is 14.4. The van der Waals surface area contributed by atoms with Crippen LogP contribution in [0.4, 0.5) is 0 Å². The van der Waals surface area contributed by atoms with Crippen molar-refractivity contribution in [3.8, 4) is 5.75 Å². The van der Waals surface area contributed by atoms with E-state index in [2.05, 4.69) is 24.3 Å². The summed E-state index contributed by atoms with van der Waals surface area (Å²) in [7, 11) is 1.69. The van der Waals surface area contributed by atoms with Crippen LogP contribution in [-0.2, 0) is 18.4 Å². The van der Waals surface area contributed by atoms with Gasteiger partial charge in [-0.1, -0.05) is 35.9 Å². The zero-order valence-electron chi connectivity index (χ0n) is 12.2. The first-order valence-corrected chi connectivity index (χ1v) is 7.70. The van der Waals surface area contributed by atoms with Gasteiger partial charge in [-0.3, -0.25) is 0 Å². The molecule has 0 fully saturated rings. The van der Waals surface area contributed by atoms with Gasteiger partial charge in [0.2, 0.25) is 0 Å². The average molecular weight is 302 g/mol. The summed E-state index contributed by atoms with van der Waals surface area (Å²) in [4.78, 5) is 0. The van der Waals surface area contributed by atoms with Crippen molar-refractivity contribution in [1.82, 2.24) is 0 Å². The van der Waals surface area contributed by atoms with Crippen LogP contribution >= 0.6 is 11.6 Å². The molecule has 0 amide bonds. The Bertz CT molecular complexity index is 655. The fourth-order valence-electron chi connectivity index (χ4n) is 3.36. The van der Waals surface area contributed by atoms with Gasteiger partial charge in [-0.05, 0) is 60.6 Å². The smallest absolute Gasteiger partial charge is 0.122 e. The van der Waals surface area contributed by atoms with E-state index in [1.54, 1.807) is 7.11 Å². The Balaban J connectivity index is 2.00. The molecule has 3 heteroatoms. The monoisotopic (exact) mass is 301 g/mol. The highest BCUT2D eigenvalue weighted by Crippen LogP contribution is 2.38. The van der Waals surface area contributed by atoms with E-state index in [0.29, 0.717) is 0 Å². The number of halogens is 1. The Morgan fingerprint density at radius 2 is 2.05 bits per heavy atom. The van der Waals surface area contributed by atoms with E-state index in [9.17, 15) is 0 Å². The number of methoxy groups -OCH3 is 1. The summed E-state index contributed by atoms with van der Waals surface area (Å²) in [6.07, 6.45) is 3.96. The number of fused-ring (bicyclic) bond motifs is 1. The number of hydrogen-bond donors (Lipinski definition) is 1. The maximum absolute atomic E-state index is 6.78. The SMILES string of the molecule is COc1ccc(Cl)cc1CC1(N)CCCc2ccccc21. The van der Waals surface area contributed by atoms with Gasteiger partial charge in [-0.15, -0.1) is 0 Å². The molecule has 3 rings (SSSR count). The highest BCUT2D eigenvalue weighted by atomic mass is 35.5. The van der Waals surface area contributed by atoms with Gasteiger partial charge in [0, 0.05) is 10.6 Å². The lowest BCUT2D eigenvalue weighted by molar-refractivity contribution is 0.356. The molecule has 21 heavy (non-hydrogen) atoms. The van der Waals surface area contributed by atoms with Crippen molar-refractivity contribution in [2.75, 3.05) is 7.11 Å². The minimum Gasteiger partial charge on any atom is -0.496 e. The van der Waals surface area contributed by atoms with E-state index in [1.165, 1.54) is 11.1 Å². The normalized spacial score (nSPS) is 20.9. The van der Waals surface area contributed by atoms with Crippen molar-refractivity contribution < 1.29 is 4.74 Å². The molecule has 0 aromatic heterocycles. The molecule has 0 radical (unpaired) electrons. The molecule has 2 aromatic rings. The Morgan fingerprint density at radius 1 is 1.24 bits per heavy atom. The van der Waals surface area contributed by atoms with Crippen LogP contribution in [0.15, 0.2) is 42.5 Å². The molecular weight excluding hydrogens is 282 g/mol. The van der Waals surface area contributed by atoms with Crippen LogP contribution in [0, 0.1) is 0 Å². The number of nitrogens with two attached hydrogens (primary N) is 1. The molecule has 2 aromatic carbocycles. The molecule has 1 aliphatic rings. The van der Waals surface area contributed by atoms with Gasteiger partial charge in [0.05, 0.1) is 7.11 Å². The maximum atomic E-state index is 6.78. The van der Waals surface area contributed by atoms with Crippen LogP contribution in [0.5, 0.6) is 5.75 Å². The van der Waals surface area contributed by atoms with Gasteiger partial charge in [0.1, 0.15) is 5.75 Å². The van der Waals surface area contributed by atoms with Gasteiger partial charge < -0.3 is 10.5 Å². The Kier molecular flexibility index (Phi) is 3.92. The minimum atomic E-state index is -0.340. The molecule has 1 atom stereocenters. The van der Waals surface area contributed by atoms with Gasteiger partial charge >= 0.3 is 0 Å². The van der Waals surface area contributed by atoms with Crippen molar-refractivity contribution in [2.24, 2.45) is 5.73 Å². The van der Waals surface area contributed by atoms with Crippen LogP contribution in [0.1, 0.15) is 29.5 Å². The van der Waals surface area contributed by atoms with Gasteiger partial charge in [0.15, 0.2) is 0 Å². The highest BCUT2D eigenvalue weighted by molar-refractivity contribution is 6.30. The largest absolute Gasteiger partial charge is 0.496 e. The first-order valence-electron chi connectivity index (χ1n) is 7.32. The Labute approximate surface area is 130 Å². The quantitative estimate of drug-likeness (QED) is 0.927. The van der Waals surface area contributed by atoms with Crippen molar-refractivity contribution >= 4 is 11.6 Å². The van der Waals surface area contributed by atoms with E-state index < -0.39 is 0 Å². The van der Waals surface area contributed by atoms with Crippen LogP contribution in [0.2, 0.25) is 5.02 Å². The summed E-state index contributed by atoms with van der Waals surface area (Å²) in [5.41, 5.74) is 10.1. The van der Waals surface area contributed by atoms with Crippen molar-refractivity contribution in [1.29, 1.82) is 0 Å². The summed E-state index contributed by atoms with van der Waals surface area (Å²) in [6, 6.07) is 14.2. The third-order valence-corrected chi connectivity index (χ3v) is 4.61. The third-order valence-electron chi connectivity index (χ3n) is 4.37. The van der Waals surface area contributed by atoms with Crippen LogP contribution < -0.4 is 10.5 Å². The van der Waals surface area contributed by atoms with E-state index >= 15 is 0 Å². The van der Waals surface area contributed by atoms with Gasteiger partial charge in [-0.25, -0.2) is 0 Å². The second-order valence-corrected chi connectivity index (χ2v) is 6.24. The molecule has 0 bridgehead atoms. The number of benzene rings is 2. The van der Waals surface area contributed by atoms with Crippen LogP contribution in [-0.4, -0.2) is 7.11 Å². The number of rotatable bonds is 3. The fraction of sp³-hybridized carbons (Fsp3) is 0.333. The molecule has 0 spiro atoms. The molecule has 2 N–H and O–H groups in total. The molecule has 0 saturated carbocycles. The van der Waals surface area contributed by atoms with Gasteiger partial charge in [0.25, 0.3) is 0 Å². The second-order valence-electron chi connectivity index (χ2n) is 5.80. The average Bonchev–Trinajstić information content (AvgIpc) is 2.48. The number of aryl methyl sites for hydroxylation is 1. The summed E-state index contributed by atoms with van der Waals surface area (Å²) < 4.78 is 5.46. The molecule has 2 nitrogen and oxygen atoms in total. The van der Waals surface area contributed by atoms with E-state index in [-0.39, 0.29) is 5.54 Å². The first-order chi connectivity index (χ1) is 10.1. The third kappa shape index (κ3) is 2.78. The Hall–Kier alpha value is -1.51. The van der Waals surface area contributed by atoms with Gasteiger partial charge in [-0.2, -0.15) is 0 Å². The van der Waals surface area contributed by atoms with Crippen LogP contribution in [0.3, 0.4) is 0 Å². The summed E-state index contributed by atoms with van der Waals surface area (Å²) >= 11 is 6.14. The highest BCUT2D eigenvalue weighted by Gasteiger charge is 2.33. The number of ether oxygens (including phenoxy) is 1. The molecule has 0 saturated heterocycles. The second kappa shape index (κ2) is 5.70. The molecule has 1 unspecified atom stereocenters. The van der Waals surface area contributed by atoms with E-state index in [4.69, 9.17) is 22.1 Å². The fourth-order valence-corrected chi connectivity index (χ4v) is 3.56. The number of hydrogen-bond acceptors (Lipinski definition) is 2. The minimum absolute atomic E-state index is 0.340. The predicted molar refractivity (Wildman–Crippen MR) is 87.0 cm³/mol. The molecule has 0 aliphatic heterocycles. The predicted octanol–water partition coefficient (Wildman–Crippen LogP) is 4.08. The van der Waals surface area contributed by atoms with E-state index in [0.717, 1.165) is 42.0 Å². The summed E-state index contributed by atoms with van der Waals surface area (Å²) in [5.74, 6) is 0.854. The molecule has 0 heterocycles. The van der Waals surface area contributed by atoms with Crippen molar-refractivity contribution in [3.05, 3.63) is 64.2 Å². The maximum Gasteiger partial charge on any atom is 0.122 e. The van der Waals surface area contributed by atoms with Crippen LogP contribution in [0.25, 0.3) is 0 Å². The summed E-state index contributed by atoms with van der Waals surface area (Å²) in [5, 5.41) is 0.721. The zero-order chi connectivity index (χ0) is 14.9. The molecular formula is C18H20ClNO. The van der Waals surface area contributed by atoms with Crippen molar-refractivity contribution in [2.45, 2.75) is 31.2 Å². The lowest BCUT2D eigenvalue weighted by atomic mass is 9.74. The van der Waals surface area contributed by atoms with E-state index in [1.807, 2.05) is 18.2 Å². The summed E-state index contributed by atoms with van der Waals surface area (Å²) in [6.45, 7) is 0. The standard InChI is InChI=1S/C18H20ClNO/c1-21-17-9-8-15(19)11-14(17)12-18(20)10-4-6-13-5-2-3-7-16(13)18/h2-3,5,7-9,11H,4,6,10,12,20H2,1H3. The zero-order valence-corrected chi connectivity index (χ0v) is 13.0.